The highest BCUT2D eigenvalue weighted by Crippen LogP contribution is 2.49. The summed E-state index contributed by atoms with van der Waals surface area (Å²) in [6.45, 7) is 0. The molecular formula is C51H38N4OS. The third kappa shape index (κ3) is 5.41. The van der Waals surface area contributed by atoms with Gasteiger partial charge in [-0.3, -0.25) is 16.0 Å². The lowest BCUT2D eigenvalue weighted by molar-refractivity contribution is 0.203. The fourth-order valence-electron chi connectivity index (χ4n) is 9.41. The highest BCUT2D eigenvalue weighted by atomic mass is 32.1. The summed E-state index contributed by atoms with van der Waals surface area (Å²) in [7, 11) is 0. The molecule has 4 heterocycles. The molecule has 0 amide bonds. The normalized spacial score (nSPS) is 21.5. The molecule has 1 fully saturated rings. The summed E-state index contributed by atoms with van der Waals surface area (Å²) in [6, 6.07) is 57.4. The van der Waals surface area contributed by atoms with Crippen LogP contribution < -0.4 is 20.9 Å². The van der Waals surface area contributed by atoms with E-state index in [4.69, 9.17) is 4.42 Å². The lowest BCUT2D eigenvalue weighted by Gasteiger charge is -2.39. The van der Waals surface area contributed by atoms with Crippen LogP contribution >= 0.6 is 11.3 Å². The van der Waals surface area contributed by atoms with Gasteiger partial charge >= 0.3 is 0 Å². The summed E-state index contributed by atoms with van der Waals surface area (Å²) in [5.74, 6) is 0.363. The van der Waals surface area contributed by atoms with Gasteiger partial charge in [-0.15, -0.1) is 11.3 Å². The number of anilines is 2. The number of rotatable bonds is 5. The molecule has 3 N–H and O–H groups in total. The van der Waals surface area contributed by atoms with Crippen LogP contribution in [0.4, 0.5) is 11.4 Å². The van der Waals surface area contributed by atoms with E-state index < -0.39 is 0 Å². The first-order chi connectivity index (χ1) is 28.2. The van der Waals surface area contributed by atoms with Gasteiger partial charge < -0.3 is 9.32 Å². The van der Waals surface area contributed by atoms with Crippen LogP contribution in [0.1, 0.15) is 46.7 Å². The van der Waals surface area contributed by atoms with Crippen LogP contribution in [0.5, 0.6) is 0 Å². The van der Waals surface area contributed by atoms with E-state index in [1.807, 2.05) is 11.3 Å². The van der Waals surface area contributed by atoms with Gasteiger partial charge in [0, 0.05) is 53.8 Å². The van der Waals surface area contributed by atoms with Gasteiger partial charge in [0.25, 0.3) is 0 Å². The Morgan fingerprint density at radius 3 is 1.95 bits per heavy atom. The topological polar surface area (TPSA) is 52.5 Å². The average molecular weight is 755 g/mol. The predicted molar refractivity (Wildman–Crippen MR) is 236 cm³/mol. The quantitative estimate of drug-likeness (QED) is 0.163. The Bertz CT molecular complexity index is 3010. The highest BCUT2D eigenvalue weighted by Gasteiger charge is 2.37. The second-order valence-electron chi connectivity index (χ2n) is 15.4. The summed E-state index contributed by atoms with van der Waals surface area (Å²) in [5.41, 5.74) is 11.5. The molecular weight excluding hydrogens is 717 g/mol. The summed E-state index contributed by atoms with van der Waals surface area (Å²) < 4.78 is 9.45. The molecule has 57 heavy (non-hydrogen) atoms. The van der Waals surface area contributed by atoms with Gasteiger partial charge in [0.05, 0.1) is 24.5 Å². The van der Waals surface area contributed by atoms with Crippen molar-refractivity contribution in [1.29, 1.82) is 0 Å². The van der Waals surface area contributed by atoms with Gasteiger partial charge in [-0.2, -0.15) is 0 Å². The number of furan rings is 1. The summed E-state index contributed by atoms with van der Waals surface area (Å²) >= 11 is 1.86. The number of benzene rings is 7. The van der Waals surface area contributed by atoms with Gasteiger partial charge in [0.15, 0.2) is 0 Å². The van der Waals surface area contributed by atoms with Crippen molar-refractivity contribution in [3.63, 3.8) is 0 Å². The highest BCUT2D eigenvalue weighted by molar-refractivity contribution is 7.25. The van der Waals surface area contributed by atoms with Crippen LogP contribution in [0, 0.1) is 0 Å². The number of hydrogen-bond donors (Lipinski definition) is 3. The Balaban J connectivity index is 0.917. The lowest BCUT2D eigenvalue weighted by atomic mass is 9.91. The van der Waals surface area contributed by atoms with E-state index in [-0.39, 0.29) is 24.5 Å². The average Bonchev–Trinajstić information content (AvgIpc) is 3.95. The zero-order valence-corrected chi connectivity index (χ0v) is 31.8. The molecule has 274 valence electrons. The molecule has 3 aliphatic rings. The van der Waals surface area contributed by atoms with Crippen molar-refractivity contribution in [2.75, 3.05) is 4.90 Å². The Hall–Kier alpha value is -6.28. The van der Waals surface area contributed by atoms with Crippen molar-refractivity contribution in [1.82, 2.24) is 16.0 Å². The smallest absolute Gasteiger partial charge is 0.141 e. The Morgan fingerprint density at radius 1 is 0.491 bits per heavy atom. The van der Waals surface area contributed by atoms with E-state index in [1.54, 1.807) is 0 Å². The summed E-state index contributed by atoms with van der Waals surface area (Å²) in [4.78, 5) is 2.52. The maximum absolute atomic E-state index is 6.85. The van der Waals surface area contributed by atoms with Crippen LogP contribution in [0.25, 0.3) is 53.2 Å². The van der Waals surface area contributed by atoms with E-state index in [2.05, 4.69) is 203 Å². The van der Waals surface area contributed by atoms with E-state index in [9.17, 15) is 0 Å². The number of para-hydroxylation sites is 2. The molecule has 0 spiro atoms. The van der Waals surface area contributed by atoms with E-state index in [0.717, 1.165) is 33.1 Å². The minimum absolute atomic E-state index is 0.0580. The van der Waals surface area contributed by atoms with Crippen molar-refractivity contribution >= 4 is 64.8 Å². The van der Waals surface area contributed by atoms with Crippen molar-refractivity contribution < 1.29 is 4.42 Å². The van der Waals surface area contributed by atoms with Crippen LogP contribution in [0.2, 0.25) is 0 Å². The molecule has 0 bridgehead atoms. The molecule has 5 nitrogen and oxygen atoms in total. The van der Waals surface area contributed by atoms with Crippen LogP contribution in [0.15, 0.2) is 186 Å². The number of thiophene rings is 1. The van der Waals surface area contributed by atoms with E-state index >= 15 is 0 Å². The van der Waals surface area contributed by atoms with Gasteiger partial charge in [-0.1, -0.05) is 133 Å². The molecule has 2 aromatic heterocycles. The maximum Gasteiger partial charge on any atom is 0.141 e. The predicted octanol–water partition coefficient (Wildman–Crippen LogP) is 12.5. The van der Waals surface area contributed by atoms with Gasteiger partial charge in [-0.05, 0) is 76.3 Å². The number of hydrogen-bond acceptors (Lipinski definition) is 6. The van der Waals surface area contributed by atoms with E-state index in [0.29, 0.717) is 5.92 Å². The fourth-order valence-corrected chi connectivity index (χ4v) is 10.5. The number of fused-ring (bicyclic) bond motifs is 9. The molecule has 0 saturated carbocycles. The zero-order chi connectivity index (χ0) is 37.5. The number of nitrogens with one attached hydrogen (secondary N) is 3. The Kier molecular flexibility index (Phi) is 7.60. The van der Waals surface area contributed by atoms with E-state index in [1.165, 1.54) is 53.8 Å². The molecule has 9 aromatic rings. The third-order valence-corrected chi connectivity index (χ3v) is 13.3. The minimum Gasteiger partial charge on any atom is -0.456 e. The van der Waals surface area contributed by atoms with Gasteiger partial charge in [0.1, 0.15) is 11.2 Å². The zero-order valence-electron chi connectivity index (χ0n) is 31.0. The third-order valence-electron chi connectivity index (χ3n) is 12.1. The van der Waals surface area contributed by atoms with Gasteiger partial charge in [-0.25, -0.2) is 0 Å². The van der Waals surface area contributed by atoms with Gasteiger partial charge in [0.2, 0.25) is 0 Å². The molecule has 7 aromatic carbocycles. The monoisotopic (exact) mass is 754 g/mol. The summed E-state index contributed by atoms with van der Waals surface area (Å²) in [5, 5.41) is 16.3. The minimum atomic E-state index is -0.157. The second kappa shape index (κ2) is 13.2. The molecule has 6 heteroatoms. The molecule has 2 aliphatic heterocycles. The Morgan fingerprint density at radius 2 is 1.14 bits per heavy atom. The first-order valence-corrected chi connectivity index (χ1v) is 20.6. The second-order valence-corrected chi connectivity index (χ2v) is 16.4. The number of nitrogens with zero attached hydrogens (tertiary/aromatic N) is 1. The first kappa shape index (κ1) is 32.9. The van der Waals surface area contributed by atoms with Crippen LogP contribution in [0.3, 0.4) is 0 Å². The Labute approximate surface area is 334 Å². The summed E-state index contributed by atoms with van der Waals surface area (Å²) in [6.07, 6.45) is 8.79. The van der Waals surface area contributed by atoms with Crippen LogP contribution in [-0.4, -0.2) is 6.04 Å². The number of allylic oxidation sites excluding steroid dienone is 2. The van der Waals surface area contributed by atoms with Crippen molar-refractivity contribution in [2.24, 2.45) is 0 Å². The first-order valence-electron chi connectivity index (χ1n) is 19.8. The van der Waals surface area contributed by atoms with Crippen LogP contribution in [-0.2, 0) is 0 Å². The maximum atomic E-state index is 6.85. The van der Waals surface area contributed by atoms with Crippen molar-refractivity contribution in [3.8, 4) is 11.1 Å². The largest absolute Gasteiger partial charge is 0.456 e. The standard InChI is InChI=1S/C51H38N4OS/c1-3-12-31(13-4-1)49-52-50(32-14-5-2-6-15-32)54-51(53-49)40-19-11-18-39-38-25-22-34(29-45(38)56-48(39)40)33-23-26-46-41(28-33)42-30-35(24-27-47(42)57-46)55-43-20-9-7-16-36(43)37-17-8-10-21-44(37)55/h1-30,36,43,49-54H. The lowest BCUT2D eigenvalue weighted by Crippen LogP contribution is -2.54. The van der Waals surface area contributed by atoms with Crippen molar-refractivity contribution in [2.45, 2.75) is 30.5 Å². The molecule has 4 atom stereocenters. The molecule has 1 saturated heterocycles. The molecule has 1 aliphatic carbocycles. The fraction of sp³-hybridized carbons (Fsp3) is 0.0980. The van der Waals surface area contributed by atoms with Crippen molar-refractivity contribution in [3.05, 3.63) is 204 Å². The molecule has 4 unspecified atom stereocenters. The molecule has 12 rings (SSSR count). The molecule has 0 radical (unpaired) electrons. The SMILES string of the molecule is C1=CC2c3ccccc3N(c3ccc4sc5ccc(-c6ccc7c(c6)oc6c(C8NC(c9ccccc9)NC(c9ccccc9)N8)cccc67)cc5c4c3)C2C=C1.